The number of thiophene rings is 1. The monoisotopic (exact) mass is 306 g/mol. The quantitative estimate of drug-likeness (QED) is 0.777. The summed E-state index contributed by atoms with van der Waals surface area (Å²) in [6.07, 6.45) is 0.857. The van der Waals surface area contributed by atoms with Crippen molar-refractivity contribution in [3.8, 4) is 0 Å². The largest absolute Gasteiger partial charge is 0.312 e. The van der Waals surface area contributed by atoms with Gasteiger partial charge in [-0.25, -0.2) is 9.37 Å². The molecule has 20 heavy (non-hydrogen) atoms. The molecule has 1 atom stereocenters. The zero-order chi connectivity index (χ0) is 14.1. The number of aryl methyl sites for hydroxylation is 1. The van der Waals surface area contributed by atoms with E-state index in [9.17, 15) is 4.39 Å². The van der Waals surface area contributed by atoms with Gasteiger partial charge in [0, 0.05) is 27.4 Å². The second-order valence-corrected chi connectivity index (χ2v) is 6.91. The van der Waals surface area contributed by atoms with Crippen molar-refractivity contribution in [2.75, 3.05) is 7.05 Å². The highest BCUT2D eigenvalue weighted by Crippen LogP contribution is 2.32. The molecular formula is C15H15FN2S2. The summed E-state index contributed by atoms with van der Waals surface area (Å²) in [5, 5.41) is 7.63. The molecule has 0 aliphatic carbocycles. The number of halogens is 1. The molecule has 0 amide bonds. The minimum atomic E-state index is -0.179. The molecule has 1 unspecified atom stereocenters. The molecule has 0 radical (unpaired) electrons. The van der Waals surface area contributed by atoms with Gasteiger partial charge in [0.05, 0.1) is 10.7 Å². The van der Waals surface area contributed by atoms with E-state index >= 15 is 0 Å². The Morgan fingerprint density at radius 3 is 2.90 bits per heavy atom. The van der Waals surface area contributed by atoms with Gasteiger partial charge >= 0.3 is 0 Å². The van der Waals surface area contributed by atoms with Gasteiger partial charge in [0.1, 0.15) is 5.82 Å². The van der Waals surface area contributed by atoms with Gasteiger partial charge in [0.25, 0.3) is 0 Å². The number of hydrogen-bond donors (Lipinski definition) is 1. The fraction of sp³-hybridized carbons (Fsp3) is 0.267. The van der Waals surface area contributed by atoms with Crippen molar-refractivity contribution >= 4 is 32.8 Å². The van der Waals surface area contributed by atoms with E-state index in [1.807, 2.05) is 20.0 Å². The van der Waals surface area contributed by atoms with Crippen LogP contribution < -0.4 is 5.32 Å². The smallest absolute Gasteiger partial charge is 0.124 e. The highest BCUT2D eigenvalue weighted by molar-refractivity contribution is 7.19. The maximum Gasteiger partial charge on any atom is 0.124 e. The molecule has 5 heteroatoms. The minimum absolute atomic E-state index is 0.179. The third kappa shape index (κ3) is 2.75. The molecule has 0 bridgehead atoms. The maximum absolute atomic E-state index is 13.3. The van der Waals surface area contributed by atoms with Crippen molar-refractivity contribution < 1.29 is 4.39 Å². The fourth-order valence-corrected chi connectivity index (χ4v) is 4.08. The lowest BCUT2D eigenvalue weighted by molar-refractivity contribution is 0.595. The number of nitrogens with one attached hydrogen (secondary N) is 1. The molecule has 1 N–H and O–H groups in total. The Kier molecular flexibility index (Phi) is 3.83. The van der Waals surface area contributed by atoms with Crippen LogP contribution in [0.25, 0.3) is 10.1 Å². The van der Waals surface area contributed by atoms with Crippen LogP contribution in [0.15, 0.2) is 29.6 Å². The Balaban J connectivity index is 1.90. The van der Waals surface area contributed by atoms with Gasteiger partial charge in [-0.3, -0.25) is 0 Å². The van der Waals surface area contributed by atoms with Crippen LogP contribution in [0.5, 0.6) is 0 Å². The SMILES string of the molecule is CNC(Cc1csc(C)n1)c1cc2ccc(F)cc2s1. The summed E-state index contributed by atoms with van der Waals surface area (Å²) in [6.45, 7) is 2.02. The zero-order valence-corrected chi connectivity index (χ0v) is 12.9. The van der Waals surface area contributed by atoms with Gasteiger partial charge in [-0.2, -0.15) is 0 Å². The molecule has 0 aliphatic rings. The fourth-order valence-electron chi connectivity index (χ4n) is 2.25. The van der Waals surface area contributed by atoms with Crippen LogP contribution in [0.3, 0.4) is 0 Å². The van der Waals surface area contributed by atoms with Crippen molar-refractivity contribution in [3.63, 3.8) is 0 Å². The van der Waals surface area contributed by atoms with Gasteiger partial charge in [0.2, 0.25) is 0 Å². The predicted octanol–water partition coefficient (Wildman–Crippen LogP) is 4.31. The van der Waals surface area contributed by atoms with E-state index in [4.69, 9.17) is 0 Å². The number of aromatic nitrogens is 1. The zero-order valence-electron chi connectivity index (χ0n) is 11.3. The van der Waals surface area contributed by atoms with Crippen molar-refractivity contribution in [2.24, 2.45) is 0 Å². The standard InChI is InChI=1S/C15H15FN2S2/c1-9-18-12(8-19-9)7-13(17-2)15-5-10-3-4-11(16)6-14(10)20-15/h3-6,8,13,17H,7H2,1-2H3. The highest BCUT2D eigenvalue weighted by atomic mass is 32.1. The van der Waals surface area contributed by atoms with E-state index in [2.05, 4.69) is 21.7 Å². The minimum Gasteiger partial charge on any atom is -0.312 e. The van der Waals surface area contributed by atoms with E-state index in [1.54, 1.807) is 28.7 Å². The number of thiazole rings is 1. The topological polar surface area (TPSA) is 24.9 Å². The van der Waals surface area contributed by atoms with Crippen molar-refractivity contribution in [1.82, 2.24) is 10.3 Å². The Bertz CT molecular complexity index is 732. The normalized spacial score (nSPS) is 12.9. The first-order valence-corrected chi connectivity index (χ1v) is 8.12. The van der Waals surface area contributed by atoms with Crippen LogP contribution in [0.1, 0.15) is 21.6 Å². The third-order valence-electron chi connectivity index (χ3n) is 3.27. The molecule has 2 nitrogen and oxygen atoms in total. The Morgan fingerprint density at radius 2 is 2.20 bits per heavy atom. The molecule has 1 aromatic carbocycles. The predicted molar refractivity (Wildman–Crippen MR) is 84.1 cm³/mol. The summed E-state index contributed by atoms with van der Waals surface area (Å²) in [6, 6.07) is 7.31. The van der Waals surface area contributed by atoms with Crippen LogP contribution in [-0.2, 0) is 6.42 Å². The Morgan fingerprint density at radius 1 is 1.35 bits per heavy atom. The first-order chi connectivity index (χ1) is 9.65. The summed E-state index contributed by atoms with van der Waals surface area (Å²) in [7, 11) is 1.95. The van der Waals surface area contributed by atoms with Crippen LogP contribution in [0, 0.1) is 12.7 Å². The lowest BCUT2D eigenvalue weighted by Crippen LogP contribution is -2.17. The van der Waals surface area contributed by atoms with E-state index in [1.165, 1.54) is 10.9 Å². The molecule has 0 aliphatic heterocycles. The van der Waals surface area contributed by atoms with Crippen molar-refractivity contribution in [2.45, 2.75) is 19.4 Å². The molecule has 3 rings (SSSR count). The van der Waals surface area contributed by atoms with Gasteiger partial charge < -0.3 is 5.32 Å². The molecule has 2 heterocycles. The van der Waals surface area contributed by atoms with Gasteiger partial charge in [0.15, 0.2) is 0 Å². The van der Waals surface area contributed by atoms with Gasteiger partial charge in [-0.1, -0.05) is 6.07 Å². The summed E-state index contributed by atoms with van der Waals surface area (Å²) >= 11 is 3.32. The van der Waals surface area contributed by atoms with E-state index < -0.39 is 0 Å². The first kappa shape index (κ1) is 13.7. The molecule has 104 valence electrons. The maximum atomic E-state index is 13.3. The van der Waals surface area contributed by atoms with Crippen LogP contribution in [0.2, 0.25) is 0 Å². The summed E-state index contributed by atoms with van der Waals surface area (Å²) in [4.78, 5) is 5.74. The summed E-state index contributed by atoms with van der Waals surface area (Å²) in [5.74, 6) is -0.179. The number of likely N-dealkylation sites (N-methyl/N-ethyl adjacent to an activating group) is 1. The number of fused-ring (bicyclic) bond motifs is 1. The summed E-state index contributed by atoms with van der Waals surface area (Å²) < 4.78 is 14.3. The third-order valence-corrected chi connectivity index (χ3v) is 5.31. The molecule has 2 aromatic heterocycles. The van der Waals surface area contributed by atoms with Crippen LogP contribution in [-0.4, -0.2) is 12.0 Å². The average Bonchev–Trinajstić information content (AvgIpc) is 3.01. The molecular weight excluding hydrogens is 291 g/mol. The van der Waals surface area contributed by atoms with Crippen LogP contribution >= 0.6 is 22.7 Å². The van der Waals surface area contributed by atoms with Gasteiger partial charge in [-0.05, 0) is 37.6 Å². The molecule has 3 aromatic rings. The lowest BCUT2D eigenvalue weighted by atomic mass is 10.1. The van der Waals surface area contributed by atoms with Crippen LogP contribution in [0.4, 0.5) is 4.39 Å². The number of hydrogen-bond acceptors (Lipinski definition) is 4. The van der Waals surface area contributed by atoms with Crippen molar-refractivity contribution in [1.29, 1.82) is 0 Å². The first-order valence-electron chi connectivity index (χ1n) is 6.43. The van der Waals surface area contributed by atoms with E-state index in [0.29, 0.717) is 0 Å². The molecule has 0 saturated heterocycles. The number of nitrogens with zero attached hydrogens (tertiary/aromatic N) is 1. The number of benzene rings is 1. The van der Waals surface area contributed by atoms with Crippen molar-refractivity contribution in [3.05, 3.63) is 51.0 Å². The van der Waals surface area contributed by atoms with E-state index in [0.717, 1.165) is 27.2 Å². The Hall–Kier alpha value is -1.30. The average molecular weight is 306 g/mol. The van der Waals surface area contributed by atoms with Gasteiger partial charge in [-0.15, -0.1) is 22.7 Å². The highest BCUT2D eigenvalue weighted by Gasteiger charge is 2.15. The summed E-state index contributed by atoms with van der Waals surface area (Å²) in [5.41, 5.74) is 1.11. The second kappa shape index (κ2) is 5.60. The molecule has 0 spiro atoms. The van der Waals surface area contributed by atoms with E-state index in [-0.39, 0.29) is 11.9 Å². The lowest BCUT2D eigenvalue weighted by Gasteiger charge is -2.12. The molecule has 0 fully saturated rings. The second-order valence-electron chi connectivity index (χ2n) is 4.73. The molecule has 0 saturated carbocycles. The number of rotatable bonds is 4. The Labute approximate surface area is 125 Å².